The predicted octanol–water partition coefficient (Wildman–Crippen LogP) is 4.45. The van der Waals surface area contributed by atoms with E-state index in [2.05, 4.69) is 35.8 Å². The molecule has 0 aromatic heterocycles. The van der Waals surface area contributed by atoms with Crippen molar-refractivity contribution in [2.75, 3.05) is 4.90 Å². The van der Waals surface area contributed by atoms with Crippen LogP contribution in [0, 0.1) is 11.3 Å². The Bertz CT molecular complexity index is 896. The first-order valence-corrected chi connectivity index (χ1v) is 9.16. The fraction of sp³-hybridized carbons (Fsp3) is 0.238. The third-order valence-corrected chi connectivity index (χ3v) is 4.92. The van der Waals surface area contributed by atoms with Gasteiger partial charge in [-0.2, -0.15) is 5.26 Å². The van der Waals surface area contributed by atoms with Crippen LogP contribution < -0.4 is 10.2 Å². The first kappa shape index (κ1) is 18.1. The van der Waals surface area contributed by atoms with Gasteiger partial charge in [0.1, 0.15) is 0 Å². The van der Waals surface area contributed by atoms with Crippen LogP contribution in [0.2, 0.25) is 0 Å². The number of thiol groups is 1. The molecule has 2 aromatic carbocycles. The number of nitrogens with one attached hydrogen (secondary N) is 1. The van der Waals surface area contributed by atoms with Crippen molar-refractivity contribution in [2.24, 2.45) is 0 Å². The highest BCUT2D eigenvalue weighted by atomic mass is 32.1. The zero-order valence-corrected chi connectivity index (χ0v) is 15.8. The smallest absolute Gasteiger partial charge is 0.250 e. The van der Waals surface area contributed by atoms with Crippen molar-refractivity contribution in [3.8, 4) is 17.2 Å². The lowest BCUT2D eigenvalue weighted by molar-refractivity contribution is -0.118. The molecule has 132 valence electrons. The minimum atomic E-state index is -0.398. The summed E-state index contributed by atoms with van der Waals surface area (Å²) in [6.45, 7) is 3.95. The molecular formula is C21H21N3OS. The molecule has 1 aliphatic rings. The lowest BCUT2D eigenvalue weighted by atomic mass is 9.99. The van der Waals surface area contributed by atoms with Crippen LogP contribution >= 0.6 is 12.6 Å². The number of carbonyl (C=O) groups is 1. The van der Waals surface area contributed by atoms with Crippen molar-refractivity contribution in [1.29, 1.82) is 5.26 Å². The van der Waals surface area contributed by atoms with E-state index in [1.807, 2.05) is 55.5 Å². The Morgan fingerprint density at radius 1 is 1.19 bits per heavy atom. The van der Waals surface area contributed by atoms with Crippen molar-refractivity contribution in [1.82, 2.24) is 5.32 Å². The number of nitriles is 1. The number of carbonyl (C=O) groups excluding carboxylic acids is 1. The number of hydrogen-bond acceptors (Lipinski definition) is 4. The zero-order chi connectivity index (χ0) is 18.7. The Morgan fingerprint density at radius 2 is 1.88 bits per heavy atom. The van der Waals surface area contributed by atoms with Gasteiger partial charge in [-0.15, -0.1) is 12.6 Å². The molecule has 1 atom stereocenters. The Kier molecular flexibility index (Phi) is 5.34. The van der Waals surface area contributed by atoms with Crippen molar-refractivity contribution in [3.05, 3.63) is 65.4 Å². The minimum Gasteiger partial charge on any atom is -0.323 e. The molecule has 0 fully saturated rings. The lowest BCUT2D eigenvalue weighted by Gasteiger charge is -2.38. The van der Waals surface area contributed by atoms with E-state index >= 15 is 0 Å². The predicted molar refractivity (Wildman–Crippen MR) is 108 cm³/mol. The van der Waals surface area contributed by atoms with E-state index in [-0.39, 0.29) is 5.91 Å². The standard InChI is InChI=1S/C21H21N3OS/c1-3-6-19-14(2)20(25)23-21(26)24(19)17-11-9-15(10-12-17)18-8-5-4-7-16(18)13-22/h4-5,7-12,21,26H,3,6H2,1-2H3,(H,23,25). The van der Waals surface area contributed by atoms with Gasteiger partial charge in [-0.05, 0) is 42.7 Å². The Morgan fingerprint density at radius 3 is 2.54 bits per heavy atom. The molecule has 5 heteroatoms. The number of allylic oxidation sites excluding steroid dienone is 1. The van der Waals surface area contributed by atoms with Crippen LogP contribution in [0.15, 0.2) is 59.8 Å². The van der Waals surface area contributed by atoms with Crippen LogP contribution in [0.1, 0.15) is 32.3 Å². The molecule has 0 spiro atoms. The van der Waals surface area contributed by atoms with E-state index < -0.39 is 5.50 Å². The quantitative estimate of drug-likeness (QED) is 0.789. The second-order valence-corrected chi connectivity index (χ2v) is 6.73. The second-order valence-electron chi connectivity index (χ2n) is 6.24. The number of amides is 1. The molecule has 1 aliphatic heterocycles. The molecule has 0 saturated heterocycles. The van der Waals surface area contributed by atoms with Crippen LogP contribution in [0.25, 0.3) is 11.1 Å². The van der Waals surface area contributed by atoms with Gasteiger partial charge < -0.3 is 10.2 Å². The molecular weight excluding hydrogens is 342 g/mol. The largest absolute Gasteiger partial charge is 0.323 e. The molecule has 2 aromatic rings. The molecule has 3 rings (SSSR count). The van der Waals surface area contributed by atoms with Gasteiger partial charge in [0.25, 0.3) is 5.91 Å². The van der Waals surface area contributed by atoms with E-state index in [0.29, 0.717) is 5.56 Å². The number of hydrogen-bond donors (Lipinski definition) is 2. The summed E-state index contributed by atoms with van der Waals surface area (Å²) >= 11 is 4.56. The molecule has 26 heavy (non-hydrogen) atoms. The average Bonchev–Trinajstić information content (AvgIpc) is 2.66. The summed E-state index contributed by atoms with van der Waals surface area (Å²) in [6.07, 6.45) is 1.76. The van der Waals surface area contributed by atoms with Gasteiger partial charge in [0.15, 0.2) is 5.50 Å². The summed E-state index contributed by atoms with van der Waals surface area (Å²) in [5, 5.41) is 12.2. The van der Waals surface area contributed by atoms with E-state index in [0.717, 1.165) is 40.9 Å². The van der Waals surface area contributed by atoms with Gasteiger partial charge in [-0.1, -0.05) is 43.7 Å². The van der Waals surface area contributed by atoms with Gasteiger partial charge in [0.2, 0.25) is 0 Å². The van der Waals surface area contributed by atoms with E-state index in [4.69, 9.17) is 0 Å². The van der Waals surface area contributed by atoms with Gasteiger partial charge in [-0.25, -0.2) is 0 Å². The maximum atomic E-state index is 12.1. The van der Waals surface area contributed by atoms with Gasteiger partial charge >= 0.3 is 0 Å². The summed E-state index contributed by atoms with van der Waals surface area (Å²) in [7, 11) is 0. The van der Waals surface area contributed by atoms with E-state index in [1.54, 1.807) is 0 Å². The van der Waals surface area contributed by atoms with Crippen molar-refractivity contribution >= 4 is 24.2 Å². The monoisotopic (exact) mass is 363 g/mol. The summed E-state index contributed by atoms with van der Waals surface area (Å²) in [5.41, 5.74) is 4.85. The van der Waals surface area contributed by atoms with Crippen molar-refractivity contribution in [2.45, 2.75) is 32.2 Å². The highest BCUT2D eigenvalue weighted by Gasteiger charge is 2.29. The first-order chi connectivity index (χ1) is 12.6. The van der Waals surface area contributed by atoms with Crippen LogP contribution in [0.3, 0.4) is 0 Å². The highest BCUT2D eigenvalue weighted by molar-refractivity contribution is 7.81. The highest BCUT2D eigenvalue weighted by Crippen LogP contribution is 2.32. The van der Waals surface area contributed by atoms with Crippen LogP contribution in [-0.4, -0.2) is 11.4 Å². The lowest BCUT2D eigenvalue weighted by Crippen LogP contribution is -2.49. The van der Waals surface area contributed by atoms with Gasteiger partial charge in [0.05, 0.1) is 11.6 Å². The average molecular weight is 363 g/mol. The zero-order valence-electron chi connectivity index (χ0n) is 14.9. The van der Waals surface area contributed by atoms with Crippen molar-refractivity contribution in [3.63, 3.8) is 0 Å². The Labute approximate surface area is 159 Å². The number of benzene rings is 2. The molecule has 1 heterocycles. The maximum Gasteiger partial charge on any atom is 0.250 e. The summed E-state index contributed by atoms with van der Waals surface area (Å²) in [5.74, 6) is -0.0655. The molecule has 4 nitrogen and oxygen atoms in total. The van der Waals surface area contributed by atoms with Crippen LogP contribution in [0.4, 0.5) is 5.69 Å². The topological polar surface area (TPSA) is 56.1 Å². The van der Waals surface area contributed by atoms with E-state index in [1.165, 1.54) is 0 Å². The fourth-order valence-corrected chi connectivity index (χ4v) is 3.62. The third kappa shape index (κ3) is 3.33. The Hall–Kier alpha value is -2.71. The fourth-order valence-electron chi connectivity index (χ4n) is 3.23. The number of rotatable bonds is 4. The van der Waals surface area contributed by atoms with Crippen molar-refractivity contribution < 1.29 is 4.79 Å². The molecule has 1 unspecified atom stereocenters. The summed E-state index contributed by atoms with van der Waals surface area (Å²) in [4.78, 5) is 14.2. The SMILES string of the molecule is CCCC1=C(C)C(=O)NC(S)N1c1ccc(-c2ccccc2C#N)cc1. The molecule has 1 amide bonds. The summed E-state index contributed by atoms with van der Waals surface area (Å²) in [6, 6.07) is 17.8. The van der Waals surface area contributed by atoms with Gasteiger partial charge in [0, 0.05) is 17.0 Å². The summed E-state index contributed by atoms with van der Waals surface area (Å²) < 4.78 is 0. The van der Waals surface area contributed by atoms with Gasteiger partial charge in [-0.3, -0.25) is 4.79 Å². The molecule has 1 N–H and O–H groups in total. The first-order valence-electron chi connectivity index (χ1n) is 8.64. The molecule has 0 radical (unpaired) electrons. The molecule has 0 aliphatic carbocycles. The van der Waals surface area contributed by atoms with Crippen LogP contribution in [-0.2, 0) is 4.79 Å². The maximum absolute atomic E-state index is 12.1. The second kappa shape index (κ2) is 7.67. The molecule has 0 saturated carbocycles. The van der Waals surface area contributed by atoms with Crippen LogP contribution in [0.5, 0.6) is 0 Å². The third-order valence-electron chi connectivity index (χ3n) is 4.56. The molecule has 0 bridgehead atoms. The Balaban J connectivity index is 2.00. The minimum absolute atomic E-state index is 0.0655. The van der Waals surface area contributed by atoms with E-state index in [9.17, 15) is 10.1 Å². The number of anilines is 1. The number of nitrogens with zero attached hydrogens (tertiary/aromatic N) is 2. The normalized spacial score (nSPS) is 17.1.